The maximum Gasteiger partial charge on any atom is 0.240 e. The van der Waals surface area contributed by atoms with Crippen molar-refractivity contribution >= 4 is 21.6 Å². The molecule has 1 aliphatic heterocycles. The van der Waals surface area contributed by atoms with E-state index in [-0.39, 0.29) is 10.8 Å². The van der Waals surface area contributed by atoms with Gasteiger partial charge in [-0.25, -0.2) is 13.1 Å². The fraction of sp³-hybridized carbons (Fsp3) is 0.562. The van der Waals surface area contributed by atoms with E-state index in [0.29, 0.717) is 31.3 Å². The van der Waals surface area contributed by atoms with E-state index < -0.39 is 10.0 Å². The number of carbonyl (C=O) groups excluding carboxylic acids is 1. The van der Waals surface area contributed by atoms with Crippen LogP contribution in [-0.4, -0.2) is 34.5 Å². The molecule has 1 fully saturated rings. The van der Waals surface area contributed by atoms with Gasteiger partial charge in [0, 0.05) is 18.7 Å². The number of fused-ring (bicyclic) bond motifs is 1. The molecule has 1 heterocycles. The molecule has 0 unspecified atom stereocenters. The molecular weight excluding hydrogens is 314 g/mol. The van der Waals surface area contributed by atoms with E-state index in [1.165, 1.54) is 7.05 Å². The molecule has 1 amide bonds. The first-order chi connectivity index (χ1) is 10.9. The van der Waals surface area contributed by atoms with Crippen LogP contribution in [0.25, 0.3) is 0 Å². The Balaban J connectivity index is 1.75. The monoisotopic (exact) mass is 337 g/mol. The van der Waals surface area contributed by atoms with Gasteiger partial charge in [0.2, 0.25) is 15.9 Å². The van der Waals surface area contributed by atoms with Gasteiger partial charge in [-0.1, -0.05) is 6.07 Å². The summed E-state index contributed by atoms with van der Waals surface area (Å²) in [5.41, 5.74) is 7.39. The van der Waals surface area contributed by atoms with Crippen molar-refractivity contribution in [3.8, 4) is 0 Å². The fourth-order valence-corrected chi connectivity index (χ4v) is 4.24. The van der Waals surface area contributed by atoms with Gasteiger partial charge in [-0.05, 0) is 62.4 Å². The lowest BCUT2D eigenvalue weighted by Gasteiger charge is -2.35. The summed E-state index contributed by atoms with van der Waals surface area (Å²) in [5, 5.41) is 0. The molecule has 0 bridgehead atoms. The van der Waals surface area contributed by atoms with Crippen LogP contribution in [0.1, 0.15) is 24.8 Å². The van der Waals surface area contributed by atoms with Gasteiger partial charge < -0.3 is 10.6 Å². The standard InChI is InChI=1S/C16H23N3O3S/c1-18-23(21,22)14-3-2-13-4-5-19(15(13)9-14)16(20)8-11-6-12(7-11)10-17/h2-3,9,11-12,18H,4-8,10,17H2,1H3. The highest BCUT2D eigenvalue weighted by Gasteiger charge is 2.33. The highest BCUT2D eigenvalue weighted by atomic mass is 32.2. The number of nitrogens with two attached hydrogens (primary N) is 1. The summed E-state index contributed by atoms with van der Waals surface area (Å²) < 4.78 is 26.2. The lowest BCUT2D eigenvalue weighted by Crippen LogP contribution is -2.36. The summed E-state index contributed by atoms with van der Waals surface area (Å²) >= 11 is 0. The summed E-state index contributed by atoms with van der Waals surface area (Å²) in [5.74, 6) is 1.07. The maximum absolute atomic E-state index is 12.6. The number of nitrogens with one attached hydrogen (secondary N) is 1. The fourth-order valence-electron chi connectivity index (χ4n) is 3.49. The van der Waals surface area contributed by atoms with Crippen molar-refractivity contribution < 1.29 is 13.2 Å². The Morgan fingerprint density at radius 3 is 2.74 bits per heavy atom. The van der Waals surface area contributed by atoms with Gasteiger partial charge in [-0.3, -0.25) is 4.79 Å². The van der Waals surface area contributed by atoms with Crippen LogP contribution in [-0.2, 0) is 21.2 Å². The second-order valence-corrected chi connectivity index (χ2v) is 8.32. The first-order valence-corrected chi connectivity index (χ1v) is 9.50. The first kappa shape index (κ1) is 16.4. The number of carbonyl (C=O) groups is 1. The van der Waals surface area contributed by atoms with Crippen LogP contribution in [0.2, 0.25) is 0 Å². The van der Waals surface area contributed by atoms with Crippen LogP contribution in [0.5, 0.6) is 0 Å². The van der Waals surface area contributed by atoms with Gasteiger partial charge >= 0.3 is 0 Å². The number of sulfonamides is 1. The third-order valence-electron chi connectivity index (χ3n) is 4.96. The molecule has 126 valence electrons. The molecule has 0 spiro atoms. The quantitative estimate of drug-likeness (QED) is 0.833. The Morgan fingerprint density at radius 1 is 1.35 bits per heavy atom. The Kier molecular flexibility index (Phi) is 4.44. The number of nitrogens with zero attached hydrogens (tertiary/aromatic N) is 1. The van der Waals surface area contributed by atoms with Crippen molar-refractivity contribution in [3.05, 3.63) is 23.8 Å². The summed E-state index contributed by atoms with van der Waals surface area (Å²) in [7, 11) is -2.11. The number of amides is 1. The van der Waals surface area contributed by atoms with Crippen LogP contribution < -0.4 is 15.4 Å². The van der Waals surface area contributed by atoms with Gasteiger partial charge in [0.05, 0.1) is 4.90 Å². The van der Waals surface area contributed by atoms with Gasteiger partial charge in [-0.15, -0.1) is 0 Å². The molecule has 23 heavy (non-hydrogen) atoms. The Labute approximate surface area is 137 Å². The van der Waals surface area contributed by atoms with Crippen molar-refractivity contribution in [1.82, 2.24) is 4.72 Å². The van der Waals surface area contributed by atoms with Crippen molar-refractivity contribution in [3.63, 3.8) is 0 Å². The molecule has 7 heteroatoms. The van der Waals surface area contributed by atoms with Crippen LogP contribution in [0.15, 0.2) is 23.1 Å². The van der Waals surface area contributed by atoms with E-state index >= 15 is 0 Å². The zero-order valence-electron chi connectivity index (χ0n) is 13.3. The van der Waals surface area contributed by atoms with Gasteiger partial charge in [-0.2, -0.15) is 0 Å². The SMILES string of the molecule is CNS(=O)(=O)c1ccc2c(c1)N(C(=O)CC1CC(CN)C1)CC2. The van der Waals surface area contributed by atoms with Crippen molar-refractivity contribution in [2.45, 2.75) is 30.6 Å². The van der Waals surface area contributed by atoms with E-state index in [2.05, 4.69) is 4.72 Å². The van der Waals surface area contributed by atoms with Crippen LogP contribution in [0.4, 0.5) is 5.69 Å². The third-order valence-corrected chi connectivity index (χ3v) is 6.37. The van der Waals surface area contributed by atoms with E-state index in [9.17, 15) is 13.2 Å². The molecule has 3 N–H and O–H groups in total. The number of benzene rings is 1. The molecule has 1 aliphatic carbocycles. The van der Waals surface area contributed by atoms with Crippen LogP contribution in [0, 0.1) is 11.8 Å². The molecular formula is C16H23N3O3S. The molecule has 6 nitrogen and oxygen atoms in total. The first-order valence-electron chi connectivity index (χ1n) is 8.01. The molecule has 1 aromatic rings. The zero-order valence-corrected chi connectivity index (χ0v) is 14.1. The normalized spacial score (nSPS) is 23.5. The summed E-state index contributed by atoms with van der Waals surface area (Å²) in [4.78, 5) is 14.5. The van der Waals surface area contributed by atoms with E-state index in [4.69, 9.17) is 5.73 Å². The number of hydrogen-bond donors (Lipinski definition) is 2. The number of hydrogen-bond acceptors (Lipinski definition) is 4. The van der Waals surface area contributed by atoms with Crippen LogP contribution in [0.3, 0.4) is 0 Å². The minimum atomic E-state index is -3.50. The minimum Gasteiger partial charge on any atom is -0.330 e. The van der Waals surface area contributed by atoms with Gasteiger partial charge in [0.1, 0.15) is 0 Å². The second-order valence-electron chi connectivity index (χ2n) is 6.44. The molecule has 1 saturated carbocycles. The minimum absolute atomic E-state index is 0.0863. The maximum atomic E-state index is 12.6. The average molecular weight is 337 g/mol. The Morgan fingerprint density at radius 2 is 2.09 bits per heavy atom. The molecule has 0 atom stereocenters. The number of anilines is 1. The lowest BCUT2D eigenvalue weighted by atomic mass is 9.73. The zero-order chi connectivity index (χ0) is 16.6. The summed E-state index contributed by atoms with van der Waals surface area (Å²) in [6.45, 7) is 1.33. The van der Waals surface area contributed by atoms with Crippen LogP contribution >= 0.6 is 0 Å². The van der Waals surface area contributed by atoms with Gasteiger partial charge in [0.25, 0.3) is 0 Å². The largest absolute Gasteiger partial charge is 0.330 e. The third kappa shape index (κ3) is 3.13. The van der Waals surface area contributed by atoms with E-state index in [0.717, 1.165) is 30.5 Å². The molecule has 2 aliphatic rings. The predicted molar refractivity (Wildman–Crippen MR) is 88.6 cm³/mol. The van der Waals surface area contributed by atoms with Crippen molar-refractivity contribution in [1.29, 1.82) is 0 Å². The average Bonchev–Trinajstić information content (AvgIpc) is 2.93. The van der Waals surface area contributed by atoms with E-state index in [1.54, 1.807) is 23.1 Å². The summed E-state index contributed by atoms with van der Waals surface area (Å²) in [6, 6.07) is 5.01. The Hall–Kier alpha value is -1.44. The second kappa shape index (κ2) is 6.22. The van der Waals surface area contributed by atoms with Crippen molar-refractivity contribution in [2.24, 2.45) is 17.6 Å². The highest BCUT2D eigenvalue weighted by molar-refractivity contribution is 7.89. The topological polar surface area (TPSA) is 92.5 Å². The highest BCUT2D eigenvalue weighted by Crippen LogP contribution is 2.37. The summed E-state index contributed by atoms with van der Waals surface area (Å²) in [6.07, 6.45) is 3.35. The molecule has 3 rings (SSSR count). The lowest BCUT2D eigenvalue weighted by molar-refractivity contribution is -0.120. The molecule has 0 radical (unpaired) electrons. The van der Waals surface area contributed by atoms with E-state index in [1.807, 2.05) is 0 Å². The predicted octanol–water partition coefficient (Wildman–Crippen LogP) is 0.859. The molecule has 0 aromatic heterocycles. The van der Waals surface area contributed by atoms with Crippen molar-refractivity contribution in [2.75, 3.05) is 25.0 Å². The smallest absolute Gasteiger partial charge is 0.240 e. The Bertz CT molecular complexity index is 711. The molecule has 0 saturated heterocycles. The van der Waals surface area contributed by atoms with Gasteiger partial charge in [0.15, 0.2) is 0 Å². The molecule has 1 aromatic carbocycles. The number of rotatable bonds is 5.